The first kappa shape index (κ1) is 44.3. The third kappa shape index (κ3) is 8.24. The third-order valence-electron chi connectivity index (χ3n) is 14.5. The second kappa shape index (κ2) is 18.2. The summed E-state index contributed by atoms with van der Waals surface area (Å²) in [7, 11) is 1.72. The topological polar surface area (TPSA) is 155 Å². The molecule has 9 rings (SSSR count). The van der Waals surface area contributed by atoms with Crippen molar-refractivity contribution >= 4 is 40.5 Å². The molecule has 6 heterocycles. The monoisotopic (exact) mass is 883 g/mol. The Morgan fingerprint density at radius 2 is 1.82 bits per heavy atom. The van der Waals surface area contributed by atoms with Crippen LogP contribution in [-0.2, 0) is 46.4 Å². The lowest BCUT2D eigenvalue weighted by Gasteiger charge is -2.42. The molecule has 0 spiro atoms. The van der Waals surface area contributed by atoms with Crippen LogP contribution >= 0.6 is 0 Å². The molecule has 4 amide bonds. The van der Waals surface area contributed by atoms with E-state index in [9.17, 15) is 24.0 Å². The van der Waals surface area contributed by atoms with Crippen molar-refractivity contribution in [3.63, 3.8) is 0 Å². The van der Waals surface area contributed by atoms with Crippen LogP contribution in [0.15, 0.2) is 73.4 Å². The number of hydrogen-bond donors (Lipinski definition) is 2. The predicted molar refractivity (Wildman–Crippen MR) is 246 cm³/mol. The van der Waals surface area contributed by atoms with Crippen molar-refractivity contribution in [1.29, 1.82) is 0 Å². The van der Waals surface area contributed by atoms with Crippen LogP contribution < -0.4 is 10.7 Å². The Balaban J connectivity index is 1.10. The number of nitrogens with zero attached hydrogens (tertiary/aromatic N) is 5. The summed E-state index contributed by atoms with van der Waals surface area (Å²) in [5.41, 5.74) is 10.5. The number of carbonyl (C=O) groups is 5. The largest absolute Gasteiger partial charge is 0.464 e. The number of benzene rings is 2. The molecule has 3 fully saturated rings. The Morgan fingerprint density at radius 3 is 2.62 bits per heavy atom. The molecule has 4 aliphatic heterocycles. The standard InChI is InChI=1S/C51H61N7O7/c1-6-41(59)55-25-21-34(29-55)48(61)57-23-10-8-9-18-40(57)47(60)53-38-27-31-14-11-15-32(26-31)33-19-20-39-36(28-33)42-43(46(64-5)44-35(16-12-22-52-44)45(42)56(39)7-2)51(3,4)30-65-50(63)37-17-13-24-58(54-37)49(38)62/h6,11-12,14-16,19-20,22,26,28,34,37-38,40,43,46,54H,1,7-10,13,17-18,21,23-25,27,29-30H2,2-5H3,(H,53,60)/t34-,37-,38?,40-,43?,46-/m0/s1. The summed E-state index contributed by atoms with van der Waals surface area (Å²) in [6.45, 7) is 12.3. The summed E-state index contributed by atoms with van der Waals surface area (Å²) < 4.78 is 15.0. The fourth-order valence-corrected chi connectivity index (χ4v) is 11.2. The molecule has 3 saturated heterocycles. The molecule has 1 aliphatic carbocycles. The minimum absolute atomic E-state index is 0.0867. The van der Waals surface area contributed by atoms with Gasteiger partial charge in [0.05, 0.1) is 23.9 Å². The van der Waals surface area contributed by atoms with Gasteiger partial charge in [0.25, 0.3) is 5.91 Å². The van der Waals surface area contributed by atoms with E-state index in [0.29, 0.717) is 45.3 Å². The van der Waals surface area contributed by atoms with Gasteiger partial charge in [0.2, 0.25) is 17.7 Å². The molecular weight excluding hydrogens is 823 g/mol. The minimum atomic E-state index is -1.02. The molecule has 0 saturated carbocycles. The lowest BCUT2D eigenvalue weighted by Crippen LogP contribution is -2.62. The van der Waals surface area contributed by atoms with Gasteiger partial charge in [0.15, 0.2) is 0 Å². The quantitative estimate of drug-likeness (QED) is 0.173. The number of ether oxygens (including phenoxy) is 2. The molecule has 14 nitrogen and oxygen atoms in total. The summed E-state index contributed by atoms with van der Waals surface area (Å²) in [5.74, 6) is -2.24. The Labute approximate surface area is 380 Å². The van der Waals surface area contributed by atoms with Crippen LogP contribution in [-0.4, -0.2) is 112 Å². The first-order valence-corrected chi connectivity index (χ1v) is 23.4. The van der Waals surface area contributed by atoms with E-state index in [1.807, 2.05) is 18.2 Å². The van der Waals surface area contributed by atoms with E-state index < -0.39 is 41.5 Å². The number of hydrazine groups is 1. The molecule has 2 aromatic carbocycles. The average Bonchev–Trinajstić information content (AvgIpc) is 3.86. The van der Waals surface area contributed by atoms with Crippen LogP contribution in [0.3, 0.4) is 0 Å². The van der Waals surface area contributed by atoms with E-state index in [-0.39, 0.29) is 49.1 Å². The minimum Gasteiger partial charge on any atom is -0.464 e. The van der Waals surface area contributed by atoms with E-state index in [1.54, 1.807) is 23.1 Å². The van der Waals surface area contributed by atoms with Crippen LogP contribution in [0, 0.1) is 11.3 Å². The van der Waals surface area contributed by atoms with E-state index in [2.05, 4.69) is 79.1 Å². The molecule has 4 aromatic rings. The van der Waals surface area contributed by atoms with Crippen molar-refractivity contribution in [3.8, 4) is 22.4 Å². The molecule has 2 aromatic heterocycles. The Hall–Kier alpha value is -5.86. The Morgan fingerprint density at radius 1 is 0.985 bits per heavy atom. The van der Waals surface area contributed by atoms with Crippen molar-refractivity contribution < 1.29 is 33.4 Å². The number of nitrogens with one attached hydrogen (secondary N) is 2. The number of aromatic nitrogens is 2. The van der Waals surface area contributed by atoms with Gasteiger partial charge in [-0.1, -0.05) is 63.6 Å². The number of cyclic esters (lactones) is 1. The average molecular weight is 884 g/mol. The van der Waals surface area contributed by atoms with Crippen LogP contribution in [0.25, 0.3) is 33.3 Å². The maximum Gasteiger partial charge on any atom is 0.324 e. The van der Waals surface area contributed by atoms with Gasteiger partial charge >= 0.3 is 5.97 Å². The molecular formula is C51H61N7O7. The molecule has 6 atom stereocenters. The van der Waals surface area contributed by atoms with Crippen LogP contribution in [0.2, 0.25) is 0 Å². The van der Waals surface area contributed by atoms with Gasteiger partial charge in [-0.05, 0) is 91.6 Å². The van der Waals surface area contributed by atoms with Crippen LogP contribution in [0.1, 0.15) is 94.6 Å². The maximum absolute atomic E-state index is 14.8. The van der Waals surface area contributed by atoms with Crippen molar-refractivity contribution in [2.75, 3.05) is 39.9 Å². The van der Waals surface area contributed by atoms with E-state index in [0.717, 1.165) is 75.9 Å². The lowest BCUT2D eigenvalue weighted by atomic mass is 9.67. The molecule has 2 N–H and O–H groups in total. The fraction of sp³-hybridized carbons (Fsp3) is 0.490. The zero-order chi connectivity index (χ0) is 45.6. The number of esters is 1. The zero-order valence-electron chi connectivity index (χ0n) is 38.0. The highest BCUT2D eigenvalue weighted by molar-refractivity contribution is 5.97. The van der Waals surface area contributed by atoms with Gasteiger partial charge in [-0.15, -0.1) is 0 Å². The fourth-order valence-electron chi connectivity index (χ4n) is 11.2. The van der Waals surface area contributed by atoms with E-state index >= 15 is 0 Å². The van der Waals surface area contributed by atoms with E-state index in [1.165, 1.54) is 11.1 Å². The second-order valence-corrected chi connectivity index (χ2v) is 19.1. The van der Waals surface area contributed by atoms with Gasteiger partial charge in [-0.25, -0.2) is 5.43 Å². The molecule has 342 valence electrons. The zero-order valence-corrected chi connectivity index (χ0v) is 38.0. The van der Waals surface area contributed by atoms with E-state index in [4.69, 9.17) is 14.5 Å². The predicted octanol–water partition coefficient (Wildman–Crippen LogP) is 6.09. The number of hydrogen-bond acceptors (Lipinski definition) is 9. The number of rotatable bonds is 6. The second-order valence-electron chi connectivity index (χ2n) is 19.1. The highest BCUT2D eigenvalue weighted by Crippen LogP contribution is 2.57. The summed E-state index contributed by atoms with van der Waals surface area (Å²) in [4.78, 5) is 78.3. The molecule has 14 heteroatoms. The first-order chi connectivity index (χ1) is 31.4. The number of carbonyl (C=O) groups excluding carboxylic acids is 5. The molecule has 65 heavy (non-hydrogen) atoms. The Bertz CT molecular complexity index is 2530. The van der Waals surface area contributed by atoms with Crippen LogP contribution in [0.5, 0.6) is 0 Å². The summed E-state index contributed by atoms with van der Waals surface area (Å²) in [5, 5.41) is 5.67. The number of aryl methyl sites for hydroxylation is 1. The number of amides is 4. The highest BCUT2D eigenvalue weighted by Gasteiger charge is 2.48. The number of pyridine rings is 1. The van der Waals surface area contributed by atoms with Crippen molar-refractivity contribution in [1.82, 2.24) is 35.1 Å². The summed E-state index contributed by atoms with van der Waals surface area (Å²) >= 11 is 0. The molecule has 6 bridgehead atoms. The van der Waals surface area contributed by atoms with Gasteiger partial charge in [-0.3, -0.25) is 34.0 Å². The van der Waals surface area contributed by atoms with Crippen LogP contribution in [0.4, 0.5) is 0 Å². The van der Waals surface area contributed by atoms with Gasteiger partial charge < -0.3 is 29.2 Å². The normalized spacial score (nSPS) is 25.6. The molecule has 0 radical (unpaired) electrons. The van der Waals surface area contributed by atoms with Crippen molar-refractivity contribution in [3.05, 3.63) is 90.3 Å². The smallest absolute Gasteiger partial charge is 0.324 e. The van der Waals surface area contributed by atoms with Crippen molar-refractivity contribution in [2.45, 2.75) is 109 Å². The lowest BCUT2D eigenvalue weighted by molar-refractivity contribution is -0.156. The number of fused-ring (bicyclic) bond motifs is 8. The SMILES string of the molecule is C=CC(=O)N1CC[C@H](C(=O)N2CCCCC[C@H]2C(=O)NC2Cc3cccc(c3)-c3ccc4c(c3)c3c(n4CC)-c4cccnc4[C@@H](OC)C3C(C)(C)COC(=O)[C@@H]3CCCN(N3)C2=O)C1. The summed E-state index contributed by atoms with van der Waals surface area (Å²) in [6.07, 6.45) is 7.21. The van der Waals surface area contributed by atoms with Gasteiger partial charge in [0.1, 0.15) is 24.2 Å². The van der Waals surface area contributed by atoms with Gasteiger partial charge in [-0.2, -0.15) is 0 Å². The third-order valence-corrected chi connectivity index (χ3v) is 14.5. The maximum atomic E-state index is 14.8. The number of likely N-dealkylation sites (tertiary alicyclic amines) is 2. The highest BCUT2D eigenvalue weighted by atomic mass is 16.5. The molecule has 2 unspecified atom stereocenters. The molecule has 5 aliphatic rings. The van der Waals surface area contributed by atoms with Crippen molar-refractivity contribution in [2.24, 2.45) is 11.3 Å². The Kier molecular flexibility index (Phi) is 12.4. The first-order valence-electron chi connectivity index (χ1n) is 23.4. The summed E-state index contributed by atoms with van der Waals surface area (Å²) in [6, 6.07) is 16.1. The number of methoxy groups -OCH3 is 1. The van der Waals surface area contributed by atoms with Gasteiger partial charge in [0, 0.05) is 80.3 Å².